The van der Waals surface area contributed by atoms with Crippen molar-refractivity contribution in [3.63, 3.8) is 0 Å². The molecule has 0 aliphatic carbocycles. The normalized spacial score (nSPS) is 11.9. The van der Waals surface area contributed by atoms with Crippen molar-refractivity contribution in [2.75, 3.05) is 12.9 Å². The summed E-state index contributed by atoms with van der Waals surface area (Å²) in [5, 5.41) is 3.47. The molecule has 0 aliphatic rings. The number of nitrogens with one attached hydrogen (secondary N) is 2. The van der Waals surface area contributed by atoms with Gasteiger partial charge in [-0.25, -0.2) is 4.98 Å². The van der Waals surface area contributed by atoms with Crippen molar-refractivity contribution < 1.29 is 14.3 Å². The Morgan fingerprint density at radius 1 is 1.22 bits per heavy atom. The number of Topliss-reactive ketones (excluding diaryl/α,β-unsaturated/α-hetero) is 1. The topological polar surface area (TPSA) is 84.1 Å². The van der Waals surface area contributed by atoms with Gasteiger partial charge in [-0.15, -0.1) is 0 Å². The standard InChI is InChI=1S/C20H21N3O3S/c1-13(24)17(10-14-6-4-3-5-7-14)21-19(25)12-27-20-22-16-9-8-15(26-2)11-18(16)23-20/h3-9,11,17H,10,12H2,1-2H3,(H,21,25)(H,22,23). The lowest BCUT2D eigenvalue weighted by Crippen LogP contribution is -2.42. The van der Waals surface area contributed by atoms with Crippen LogP contribution in [0.3, 0.4) is 0 Å². The number of hydrogen-bond acceptors (Lipinski definition) is 5. The molecule has 1 amide bonds. The first-order chi connectivity index (χ1) is 13.0. The summed E-state index contributed by atoms with van der Waals surface area (Å²) in [6.45, 7) is 1.49. The van der Waals surface area contributed by atoms with Gasteiger partial charge in [-0.05, 0) is 31.0 Å². The van der Waals surface area contributed by atoms with E-state index in [0.29, 0.717) is 11.6 Å². The Bertz CT molecular complexity index is 940. The minimum absolute atomic E-state index is 0.0620. The molecule has 1 heterocycles. The highest BCUT2D eigenvalue weighted by Gasteiger charge is 2.18. The van der Waals surface area contributed by atoms with E-state index in [9.17, 15) is 9.59 Å². The van der Waals surface area contributed by atoms with Crippen molar-refractivity contribution in [1.29, 1.82) is 0 Å². The second kappa shape index (κ2) is 8.73. The molecule has 3 aromatic rings. The second-order valence-corrected chi connectivity index (χ2v) is 7.10. The van der Waals surface area contributed by atoms with E-state index in [1.54, 1.807) is 7.11 Å². The summed E-state index contributed by atoms with van der Waals surface area (Å²) < 4.78 is 5.19. The zero-order valence-corrected chi connectivity index (χ0v) is 16.0. The number of nitrogens with zero attached hydrogens (tertiary/aromatic N) is 1. The van der Waals surface area contributed by atoms with Crippen molar-refractivity contribution in [2.24, 2.45) is 0 Å². The maximum atomic E-state index is 12.3. The summed E-state index contributed by atoms with van der Waals surface area (Å²) >= 11 is 1.30. The molecule has 2 aromatic carbocycles. The van der Waals surface area contributed by atoms with Crippen LogP contribution in [0.15, 0.2) is 53.7 Å². The van der Waals surface area contributed by atoms with Gasteiger partial charge in [0.05, 0.1) is 29.9 Å². The van der Waals surface area contributed by atoms with Crippen molar-refractivity contribution in [3.8, 4) is 5.75 Å². The zero-order chi connectivity index (χ0) is 19.2. The largest absolute Gasteiger partial charge is 0.497 e. The maximum absolute atomic E-state index is 12.3. The molecule has 27 heavy (non-hydrogen) atoms. The summed E-state index contributed by atoms with van der Waals surface area (Å²) in [6, 6.07) is 14.7. The molecule has 0 bridgehead atoms. The molecule has 0 aliphatic heterocycles. The molecule has 0 radical (unpaired) electrons. The minimum atomic E-state index is -0.527. The lowest BCUT2D eigenvalue weighted by atomic mass is 10.0. The van der Waals surface area contributed by atoms with Gasteiger partial charge in [-0.1, -0.05) is 42.1 Å². The predicted octanol–water partition coefficient (Wildman–Crippen LogP) is 2.98. The number of aromatic nitrogens is 2. The number of amides is 1. The molecule has 0 fully saturated rings. The minimum Gasteiger partial charge on any atom is -0.497 e. The van der Waals surface area contributed by atoms with Crippen molar-refractivity contribution in [1.82, 2.24) is 15.3 Å². The smallest absolute Gasteiger partial charge is 0.231 e. The van der Waals surface area contributed by atoms with Crippen LogP contribution in [0.4, 0.5) is 0 Å². The molecule has 7 heteroatoms. The van der Waals surface area contributed by atoms with Gasteiger partial charge >= 0.3 is 0 Å². The third kappa shape index (κ3) is 5.10. The number of methoxy groups -OCH3 is 1. The first kappa shape index (κ1) is 19.0. The fourth-order valence-electron chi connectivity index (χ4n) is 2.68. The quantitative estimate of drug-likeness (QED) is 0.584. The van der Waals surface area contributed by atoms with Crippen LogP contribution in [0.25, 0.3) is 11.0 Å². The summed E-state index contributed by atoms with van der Waals surface area (Å²) in [4.78, 5) is 31.8. The number of hydrogen-bond donors (Lipinski definition) is 2. The van der Waals surface area contributed by atoms with E-state index in [1.807, 2.05) is 48.5 Å². The van der Waals surface area contributed by atoms with Gasteiger partial charge < -0.3 is 15.0 Å². The monoisotopic (exact) mass is 383 g/mol. The SMILES string of the molecule is COc1ccc2nc(SCC(=O)NC(Cc3ccccc3)C(C)=O)[nH]c2c1. The molecule has 6 nitrogen and oxygen atoms in total. The Balaban J connectivity index is 1.58. The summed E-state index contributed by atoms with van der Waals surface area (Å²) in [5.74, 6) is 0.656. The van der Waals surface area contributed by atoms with Gasteiger partial charge in [0.1, 0.15) is 5.75 Å². The summed E-state index contributed by atoms with van der Waals surface area (Å²) in [6.07, 6.45) is 0.483. The molecule has 0 saturated heterocycles. The number of H-pyrrole nitrogens is 1. The molecule has 0 saturated carbocycles. The molecule has 3 rings (SSSR count). The number of fused-ring (bicyclic) bond motifs is 1. The fourth-order valence-corrected chi connectivity index (χ4v) is 3.37. The second-order valence-electron chi connectivity index (χ2n) is 6.13. The van der Waals surface area contributed by atoms with E-state index in [-0.39, 0.29) is 17.4 Å². The maximum Gasteiger partial charge on any atom is 0.231 e. The van der Waals surface area contributed by atoms with E-state index in [2.05, 4.69) is 15.3 Å². The van der Waals surface area contributed by atoms with Crippen LogP contribution >= 0.6 is 11.8 Å². The van der Waals surface area contributed by atoms with Gasteiger partial charge in [0, 0.05) is 6.07 Å². The lowest BCUT2D eigenvalue weighted by Gasteiger charge is -2.15. The Morgan fingerprint density at radius 2 is 2.00 bits per heavy atom. The third-order valence-corrected chi connectivity index (χ3v) is 4.99. The number of rotatable bonds is 8. The van der Waals surface area contributed by atoms with E-state index in [1.165, 1.54) is 18.7 Å². The van der Waals surface area contributed by atoms with Crippen molar-refractivity contribution in [2.45, 2.75) is 24.5 Å². The van der Waals surface area contributed by atoms with E-state index >= 15 is 0 Å². The number of ketones is 1. The predicted molar refractivity (Wildman–Crippen MR) is 106 cm³/mol. The van der Waals surface area contributed by atoms with Crippen LogP contribution in [0.5, 0.6) is 5.75 Å². The highest BCUT2D eigenvalue weighted by atomic mass is 32.2. The molecule has 0 spiro atoms. The number of carbonyl (C=O) groups is 2. The van der Waals surface area contributed by atoms with Gasteiger partial charge in [0.15, 0.2) is 10.9 Å². The number of thioether (sulfide) groups is 1. The zero-order valence-electron chi connectivity index (χ0n) is 15.2. The molecule has 140 valence electrons. The third-order valence-electron chi connectivity index (χ3n) is 4.12. The number of ether oxygens (including phenoxy) is 1. The van der Waals surface area contributed by atoms with Crippen molar-refractivity contribution in [3.05, 3.63) is 54.1 Å². The van der Waals surface area contributed by atoms with Crippen LogP contribution < -0.4 is 10.1 Å². The van der Waals surface area contributed by atoms with Crippen LogP contribution in [-0.4, -0.2) is 40.6 Å². The highest BCUT2D eigenvalue weighted by Crippen LogP contribution is 2.23. The van der Waals surface area contributed by atoms with Gasteiger partial charge in [0.2, 0.25) is 5.91 Å². The number of benzene rings is 2. The lowest BCUT2D eigenvalue weighted by molar-refractivity contribution is -0.125. The molecular weight excluding hydrogens is 362 g/mol. The summed E-state index contributed by atoms with van der Waals surface area (Å²) in [7, 11) is 1.61. The van der Waals surface area contributed by atoms with Crippen molar-refractivity contribution >= 4 is 34.5 Å². The first-order valence-corrected chi connectivity index (χ1v) is 9.54. The molecular formula is C20H21N3O3S. The Labute approximate surface area is 161 Å². The van der Waals surface area contributed by atoms with Crippen LogP contribution in [0.1, 0.15) is 12.5 Å². The van der Waals surface area contributed by atoms with Crippen LogP contribution in [-0.2, 0) is 16.0 Å². The number of imidazole rings is 1. The first-order valence-electron chi connectivity index (χ1n) is 8.55. The average Bonchev–Trinajstić information content (AvgIpc) is 3.08. The fraction of sp³-hybridized carbons (Fsp3) is 0.250. The summed E-state index contributed by atoms with van der Waals surface area (Å²) in [5.41, 5.74) is 2.67. The number of carbonyl (C=O) groups excluding carboxylic acids is 2. The molecule has 2 N–H and O–H groups in total. The van der Waals surface area contributed by atoms with E-state index in [4.69, 9.17) is 4.74 Å². The Hall–Kier alpha value is -2.80. The van der Waals surface area contributed by atoms with E-state index < -0.39 is 6.04 Å². The molecule has 1 atom stereocenters. The highest BCUT2D eigenvalue weighted by molar-refractivity contribution is 7.99. The Morgan fingerprint density at radius 3 is 2.70 bits per heavy atom. The van der Waals surface area contributed by atoms with Crippen LogP contribution in [0.2, 0.25) is 0 Å². The van der Waals surface area contributed by atoms with Crippen LogP contribution in [0, 0.1) is 0 Å². The Kier molecular flexibility index (Phi) is 6.13. The van der Waals surface area contributed by atoms with Gasteiger partial charge in [0.25, 0.3) is 0 Å². The van der Waals surface area contributed by atoms with Gasteiger partial charge in [-0.2, -0.15) is 0 Å². The van der Waals surface area contributed by atoms with Gasteiger partial charge in [-0.3, -0.25) is 9.59 Å². The molecule has 1 unspecified atom stereocenters. The van der Waals surface area contributed by atoms with E-state index in [0.717, 1.165) is 22.3 Å². The number of aromatic amines is 1. The molecule has 1 aromatic heterocycles. The average molecular weight is 383 g/mol.